The second-order valence-electron chi connectivity index (χ2n) is 9.12. The maximum absolute atomic E-state index is 14.0. The highest BCUT2D eigenvalue weighted by Crippen LogP contribution is 2.64. The molecule has 3 aromatic rings. The van der Waals surface area contributed by atoms with Gasteiger partial charge in [0.1, 0.15) is 11.5 Å². The van der Waals surface area contributed by atoms with E-state index in [4.69, 9.17) is 4.74 Å². The quantitative estimate of drug-likeness (QED) is 0.344. The largest absolute Gasteiger partial charge is 0.427 e. The molecule has 3 aliphatic carbocycles. The zero-order valence-electron chi connectivity index (χ0n) is 18.6. The molecule has 0 radical (unpaired) electrons. The molecule has 2 bridgehead atoms. The average Bonchev–Trinajstić information content (AvgIpc) is 3.09. The van der Waals surface area contributed by atoms with E-state index in [-0.39, 0.29) is 23.4 Å². The Hall–Kier alpha value is -4.06. The Labute approximate surface area is 196 Å². The van der Waals surface area contributed by atoms with Gasteiger partial charge in [0.25, 0.3) is 0 Å². The van der Waals surface area contributed by atoms with Gasteiger partial charge >= 0.3 is 5.97 Å². The molecule has 0 aromatic heterocycles. The first-order valence-electron chi connectivity index (χ1n) is 11.2. The topological polar surface area (TPSA) is 80.8 Å². The molecule has 3 aromatic carbocycles. The van der Waals surface area contributed by atoms with E-state index in [2.05, 4.69) is 0 Å². The summed E-state index contributed by atoms with van der Waals surface area (Å²) in [7, 11) is 0. The first kappa shape index (κ1) is 20.5. The Morgan fingerprint density at radius 2 is 1.44 bits per heavy atom. The standard InChI is InChI=1S/C28H21NO5/c1-15(30)28-21-12-5-3-10-19(21)23(20-11-4-6-13-22(20)28)24-25(28)27(33)29(26(24)32)17-8-7-9-18(14-17)34-16(2)31/h3-14,23-25H,1-2H3/t23?,24-,25+,28?/m1/s1. The summed E-state index contributed by atoms with van der Waals surface area (Å²) >= 11 is 0. The summed E-state index contributed by atoms with van der Waals surface area (Å²) in [5, 5.41) is 0. The van der Waals surface area contributed by atoms with Crippen molar-refractivity contribution in [3.8, 4) is 5.75 Å². The summed E-state index contributed by atoms with van der Waals surface area (Å²) in [4.78, 5) is 54.2. The Kier molecular flexibility index (Phi) is 4.21. The molecule has 6 heteroatoms. The lowest BCUT2D eigenvalue weighted by Gasteiger charge is -2.52. The normalized spacial score (nSPS) is 26.1. The van der Waals surface area contributed by atoms with Crippen molar-refractivity contribution in [2.75, 3.05) is 4.90 Å². The van der Waals surface area contributed by atoms with E-state index in [0.29, 0.717) is 5.69 Å². The molecule has 0 unspecified atom stereocenters. The molecule has 1 fully saturated rings. The maximum Gasteiger partial charge on any atom is 0.308 e. The van der Waals surface area contributed by atoms with Gasteiger partial charge in [-0.25, -0.2) is 4.90 Å². The number of anilines is 1. The molecule has 6 nitrogen and oxygen atoms in total. The number of amides is 2. The summed E-state index contributed by atoms with van der Waals surface area (Å²) in [6, 6.07) is 21.7. The van der Waals surface area contributed by atoms with Gasteiger partial charge < -0.3 is 4.74 Å². The molecular formula is C28H21NO5. The summed E-state index contributed by atoms with van der Waals surface area (Å²) in [5.74, 6) is -3.01. The van der Waals surface area contributed by atoms with Crippen molar-refractivity contribution in [1.29, 1.82) is 0 Å². The Morgan fingerprint density at radius 3 is 2.03 bits per heavy atom. The first-order chi connectivity index (χ1) is 16.4. The Bertz CT molecular complexity index is 1380. The monoisotopic (exact) mass is 451 g/mol. The number of benzene rings is 3. The van der Waals surface area contributed by atoms with Gasteiger partial charge in [0, 0.05) is 18.9 Å². The van der Waals surface area contributed by atoms with Crippen LogP contribution < -0.4 is 9.64 Å². The van der Waals surface area contributed by atoms with Crippen molar-refractivity contribution in [3.63, 3.8) is 0 Å². The lowest BCUT2D eigenvalue weighted by atomic mass is 9.46. The number of imide groups is 1. The van der Waals surface area contributed by atoms with Gasteiger partial charge in [-0.15, -0.1) is 0 Å². The maximum atomic E-state index is 14.0. The summed E-state index contributed by atoms with van der Waals surface area (Å²) in [6.45, 7) is 2.80. The first-order valence-corrected chi connectivity index (χ1v) is 11.2. The summed E-state index contributed by atoms with van der Waals surface area (Å²) in [6.07, 6.45) is 0. The SMILES string of the molecule is CC(=O)Oc1cccc(N2C(=O)[C@@H]3C4c5ccccc5C(C(C)=O)(c5ccccc54)[C@@H]3C2=O)c1. The molecular weight excluding hydrogens is 430 g/mol. The van der Waals surface area contributed by atoms with E-state index in [1.54, 1.807) is 18.2 Å². The minimum absolute atomic E-state index is 0.155. The van der Waals surface area contributed by atoms with E-state index < -0.39 is 29.1 Å². The number of ether oxygens (including phenoxy) is 1. The number of carbonyl (C=O) groups excluding carboxylic acids is 4. The molecule has 168 valence electrons. The van der Waals surface area contributed by atoms with E-state index in [1.807, 2.05) is 48.5 Å². The van der Waals surface area contributed by atoms with Crippen LogP contribution in [0.1, 0.15) is 42.0 Å². The molecule has 0 N–H and O–H groups in total. The van der Waals surface area contributed by atoms with Crippen molar-refractivity contribution in [3.05, 3.63) is 95.1 Å². The van der Waals surface area contributed by atoms with Crippen LogP contribution in [0.5, 0.6) is 5.75 Å². The fourth-order valence-electron chi connectivity index (χ4n) is 6.48. The van der Waals surface area contributed by atoms with Gasteiger partial charge in [-0.05, 0) is 41.3 Å². The second kappa shape index (κ2) is 6.97. The van der Waals surface area contributed by atoms with Crippen LogP contribution in [0.2, 0.25) is 0 Å². The van der Waals surface area contributed by atoms with Crippen LogP contribution in [0, 0.1) is 11.8 Å². The van der Waals surface area contributed by atoms with Gasteiger partial charge in [-0.1, -0.05) is 54.6 Å². The fourth-order valence-corrected chi connectivity index (χ4v) is 6.48. The third kappa shape index (κ3) is 2.40. The van der Waals surface area contributed by atoms with Crippen LogP contribution in [-0.2, 0) is 24.6 Å². The molecule has 4 aliphatic rings. The van der Waals surface area contributed by atoms with Crippen molar-refractivity contribution in [1.82, 2.24) is 0 Å². The predicted octanol–water partition coefficient (Wildman–Crippen LogP) is 3.75. The average molecular weight is 451 g/mol. The third-order valence-electron chi connectivity index (χ3n) is 7.51. The smallest absolute Gasteiger partial charge is 0.308 e. The lowest BCUT2D eigenvalue weighted by molar-refractivity contribution is -0.133. The van der Waals surface area contributed by atoms with Gasteiger partial charge in [-0.2, -0.15) is 0 Å². The van der Waals surface area contributed by atoms with Crippen LogP contribution in [-0.4, -0.2) is 23.6 Å². The fraction of sp³-hybridized carbons (Fsp3) is 0.214. The highest BCUT2D eigenvalue weighted by molar-refractivity contribution is 6.25. The molecule has 0 saturated carbocycles. The molecule has 2 amide bonds. The number of hydrogen-bond acceptors (Lipinski definition) is 5. The zero-order valence-corrected chi connectivity index (χ0v) is 18.6. The Morgan fingerprint density at radius 1 is 0.824 bits per heavy atom. The van der Waals surface area contributed by atoms with Crippen LogP contribution in [0.3, 0.4) is 0 Å². The number of esters is 1. The van der Waals surface area contributed by atoms with Gasteiger partial charge in [0.15, 0.2) is 0 Å². The molecule has 1 heterocycles. The van der Waals surface area contributed by atoms with Crippen LogP contribution >= 0.6 is 0 Å². The number of hydrogen-bond donors (Lipinski definition) is 0. The Balaban J connectivity index is 1.59. The number of Topliss-reactive ketones (excluding diaryl/α,β-unsaturated/α-hetero) is 1. The van der Waals surface area contributed by atoms with E-state index in [1.165, 1.54) is 24.8 Å². The number of carbonyl (C=O) groups is 4. The zero-order chi connectivity index (χ0) is 23.8. The van der Waals surface area contributed by atoms with Gasteiger partial charge in [0.2, 0.25) is 11.8 Å². The third-order valence-corrected chi connectivity index (χ3v) is 7.51. The molecule has 2 atom stereocenters. The minimum Gasteiger partial charge on any atom is -0.427 e. The van der Waals surface area contributed by atoms with E-state index >= 15 is 0 Å². The molecule has 34 heavy (non-hydrogen) atoms. The van der Waals surface area contributed by atoms with Crippen LogP contribution in [0.4, 0.5) is 5.69 Å². The second-order valence-corrected chi connectivity index (χ2v) is 9.12. The molecule has 0 spiro atoms. The highest BCUT2D eigenvalue weighted by Gasteiger charge is 2.70. The molecule has 7 rings (SSSR count). The summed E-state index contributed by atoms with van der Waals surface area (Å²) in [5.41, 5.74) is 2.56. The molecule has 1 aliphatic heterocycles. The van der Waals surface area contributed by atoms with Crippen molar-refractivity contribution < 1.29 is 23.9 Å². The van der Waals surface area contributed by atoms with Gasteiger partial charge in [-0.3, -0.25) is 19.2 Å². The molecule has 1 saturated heterocycles. The van der Waals surface area contributed by atoms with E-state index in [0.717, 1.165) is 22.3 Å². The van der Waals surface area contributed by atoms with Crippen molar-refractivity contribution >= 4 is 29.3 Å². The van der Waals surface area contributed by atoms with Crippen molar-refractivity contribution in [2.24, 2.45) is 11.8 Å². The van der Waals surface area contributed by atoms with Crippen LogP contribution in [0.15, 0.2) is 72.8 Å². The van der Waals surface area contributed by atoms with Crippen molar-refractivity contribution in [2.45, 2.75) is 25.2 Å². The highest BCUT2D eigenvalue weighted by atomic mass is 16.5. The number of nitrogens with zero attached hydrogens (tertiary/aromatic N) is 1. The minimum atomic E-state index is -1.23. The number of rotatable bonds is 3. The number of ketones is 1. The summed E-state index contributed by atoms with van der Waals surface area (Å²) < 4.78 is 5.18. The van der Waals surface area contributed by atoms with Gasteiger partial charge in [0.05, 0.1) is 22.9 Å². The lowest BCUT2D eigenvalue weighted by Crippen LogP contribution is -2.57. The predicted molar refractivity (Wildman–Crippen MR) is 123 cm³/mol. The van der Waals surface area contributed by atoms with E-state index in [9.17, 15) is 19.2 Å². The van der Waals surface area contributed by atoms with Crippen LogP contribution in [0.25, 0.3) is 0 Å².